The van der Waals surface area contributed by atoms with Gasteiger partial charge in [0.2, 0.25) is 5.91 Å². The van der Waals surface area contributed by atoms with E-state index in [2.05, 4.69) is 9.71 Å². The molecule has 1 atom stereocenters. The van der Waals surface area contributed by atoms with Crippen LogP contribution in [0.5, 0.6) is 0 Å². The summed E-state index contributed by atoms with van der Waals surface area (Å²) in [5.41, 5.74) is 1.11. The molecule has 0 saturated carbocycles. The van der Waals surface area contributed by atoms with E-state index in [1.807, 2.05) is 11.0 Å². The summed E-state index contributed by atoms with van der Waals surface area (Å²) in [6.07, 6.45) is 0. The van der Waals surface area contributed by atoms with Gasteiger partial charge in [0.05, 0.1) is 12.0 Å². The fraction of sp³-hybridized carbons (Fsp3) is 0.318. The SMILES string of the molecule is COC(=O)C(c1ccccc1Cl)N1CCN(C(=O)CN=C2NS(=O)(=O)c3ccccc32)CC1. The Morgan fingerprint density at radius 1 is 1.09 bits per heavy atom. The number of fused-ring (bicyclic) bond motifs is 1. The molecule has 2 aliphatic heterocycles. The summed E-state index contributed by atoms with van der Waals surface area (Å²) in [4.78, 5) is 33.2. The quantitative estimate of drug-likeness (QED) is 0.635. The third kappa shape index (κ3) is 4.73. The van der Waals surface area contributed by atoms with Crippen LogP contribution < -0.4 is 4.72 Å². The molecule has 0 bridgehead atoms. The van der Waals surface area contributed by atoms with Crippen molar-refractivity contribution in [2.45, 2.75) is 10.9 Å². The van der Waals surface area contributed by atoms with E-state index < -0.39 is 22.0 Å². The van der Waals surface area contributed by atoms with Crippen molar-refractivity contribution in [2.75, 3.05) is 39.8 Å². The van der Waals surface area contributed by atoms with Crippen LogP contribution in [0.4, 0.5) is 0 Å². The first-order valence-corrected chi connectivity index (χ1v) is 12.2. The van der Waals surface area contributed by atoms with Gasteiger partial charge < -0.3 is 9.64 Å². The lowest BCUT2D eigenvalue weighted by Gasteiger charge is -2.38. The number of carbonyl (C=O) groups is 2. The fourth-order valence-electron chi connectivity index (χ4n) is 4.01. The van der Waals surface area contributed by atoms with E-state index >= 15 is 0 Å². The summed E-state index contributed by atoms with van der Waals surface area (Å²) >= 11 is 6.32. The molecular formula is C22H23ClN4O5S. The van der Waals surface area contributed by atoms with E-state index in [1.54, 1.807) is 41.3 Å². The van der Waals surface area contributed by atoms with Crippen LogP contribution in [0, 0.1) is 0 Å². The molecule has 0 aliphatic carbocycles. The minimum Gasteiger partial charge on any atom is -0.468 e. The zero-order valence-corrected chi connectivity index (χ0v) is 19.5. The van der Waals surface area contributed by atoms with Gasteiger partial charge in [0.15, 0.2) is 0 Å². The van der Waals surface area contributed by atoms with Crippen molar-refractivity contribution in [3.05, 3.63) is 64.7 Å². The van der Waals surface area contributed by atoms with E-state index in [0.717, 1.165) is 0 Å². The van der Waals surface area contributed by atoms with Crippen molar-refractivity contribution < 1.29 is 22.7 Å². The highest BCUT2D eigenvalue weighted by molar-refractivity contribution is 7.90. The Labute approximate surface area is 197 Å². The number of benzene rings is 2. The monoisotopic (exact) mass is 490 g/mol. The maximum atomic E-state index is 12.7. The lowest BCUT2D eigenvalue weighted by Crippen LogP contribution is -2.51. The lowest BCUT2D eigenvalue weighted by molar-refractivity contribution is -0.148. The molecule has 2 aromatic carbocycles. The molecule has 1 N–H and O–H groups in total. The van der Waals surface area contributed by atoms with Crippen LogP contribution in [0.15, 0.2) is 58.4 Å². The van der Waals surface area contributed by atoms with Gasteiger partial charge in [-0.25, -0.2) is 13.2 Å². The highest BCUT2D eigenvalue weighted by Gasteiger charge is 2.34. The molecule has 4 rings (SSSR count). The normalized spacial score (nSPS) is 19.6. The van der Waals surface area contributed by atoms with Gasteiger partial charge in [0.1, 0.15) is 18.4 Å². The number of halogens is 1. The number of sulfonamides is 1. The number of hydrogen-bond acceptors (Lipinski definition) is 7. The number of esters is 1. The molecule has 2 heterocycles. The summed E-state index contributed by atoms with van der Waals surface area (Å²) in [6, 6.07) is 13.0. The van der Waals surface area contributed by atoms with Gasteiger partial charge >= 0.3 is 5.97 Å². The minimum absolute atomic E-state index is 0.151. The topological polar surface area (TPSA) is 108 Å². The number of nitrogens with one attached hydrogen (secondary N) is 1. The van der Waals surface area contributed by atoms with Crippen molar-refractivity contribution in [1.29, 1.82) is 0 Å². The average Bonchev–Trinajstić information content (AvgIpc) is 3.09. The second-order valence-corrected chi connectivity index (χ2v) is 9.69. The predicted molar refractivity (Wildman–Crippen MR) is 123 cm³/mol. The summed E-state index contributed by atoms with van der Waals surface area (Å²) in [6.45, 7) is 1.50. The second-order valence-electron chi connectivity index (χ2n) is 7.63. The number of amidine groups is 1. The van der Waals surface area contributed by atoms with Gasteiger partial charge in [-0.05, 0) is 23.8 Å². The maximum absolute atomic E-state index is 12.7. The smallest absolute Gasteiger partial charge is 0.327 e. The number of carbonyl (C=O) groups excluding carboxylic acids is 2. The van der Waals surface area contributed by atoms with Crippen molar-refractivity contribution in [2.24, 2.45) is 4.99 Å². The summed E-state index contributed by atoms with van der Waals surface area (Å²) < 4.78 is 31.8. The van der Waals surface area contributed by atoms with E-state index in [4.69, 9.17) is 16.3 Å². The van der Waals surface area contributed by atoms with Gasteiger partial charge in [0, 0.05) is 36.8 Å². The average molecular weight is 491 g/mol. The molecule has 2 aliphatic rings. The third-order valence-corrected chi connectivity index (χ3v) is 7.43. The molecule has 0 radical (unpaired) electrons. The lowest BCUT2D eigenvalue weighted by atomic mass is 10.0. The second kappa shape index (κ2) is 9.50. The molecule has 0 aromatic heterocycles. The standard InChI is InChI=1S/C22H23ClN4O5S/c1-32-22(29)20(15-6-2-4-8-17(15)23)27-12-10-26(11-13-27)19(28)14-24-21-16-7-3-5-9-18(16)33(30,31)25-21/h2-9,20H,10-14H2,1H3,(H,24,25). The zero-order valence-electron chi connectivity index (χ0n) is 17.9. The number of aliphatic imine (C=N–C) groups is 1. The molecule has 1 amide bonds. The van der Waals surface area contributed by atoms with E-state index in [-0.39, 0.29) is 23.2 Å². The first-order chi connectivity index (χ1) is 15.8. The Kier molecular flexibility index (Phi) is 6.68. The first kappa shape index (κ1) is 23.2. The number of nitrogens with zero attached hydrogens (tertiary/aromatic N) is 3. The van der Waals surface area contributed by atoms with Gasteiger partial charge in [-0.3, -0.25) is 19.4 Å². The molecule has 2 aromatic rings. The Hall–Kier alpha value is -2.95. The number of methoxy groups -OCH3 is 1. The van der Waals surface area contributed by atoms with E-state index in [9.17, 15) is 18.0 Å². The first-order valence-electron chi connectivity index (χ1n) is 10.3. The van der Waals surface area contributed by atoms with Crippen molar-refractivity contribution >= 4 is 39.3 Å². The van der Waals surface area contributed by atoms with Crippen LogP contribution in [0.3, 0.4) is 0 Å². The van der Waals surface area contributed by atoms with Crippen molar-refractivity contribution in [3.8, 4) is 0 Å². The fourth-order valence-corrected chi connectivity index (χ4v) is 5.50. The Bertz CT molecular complexity index is 1210. The van der Waals surface area contributed by atoms with Gasteiger partial charge in [-0.1, -0.05) is 41.9 Å². The molecule has 11 heteroatoms. The minimum atomic E-state index is -3.65. The molecule has 33 heavy (non-hydrogen) atoms. The van der Waals surface area contributed by atoms with Crippen molar-refractivity contribution in [3.63, 3.8) is 0 Å². The summed E-state index contributed by atoms with van der Waals surface area (Å²) in [5.74, 6) is -0.471. The van der Waals surface area contributed by atoms with Crippen LogP contribution in [0.25, 0.3) is 0 Å². The third-order valence-electron chi connectivity index (χ3n) is 5.69. The molecule has 174 valence electrons. The Morgan fingerprint density at radius 3 is 2.45 bits per heavy atom. The molecule has 1 fully saturated rings. The largest absolute Gasteiger partial charge is 0.468 e. The number of amides is 1. The van der Waals surface area contributed by atoms with Crippen LogP contribution in [-0.4, -0.2) is 75.8 Å². The highest BCUT2D eigenvalue weighted by atomic mass is 35.5. The molecule has 0 spiro atoms. The van der Waals surface area contributed by atoms with Gasteiger partial charge in [0.25, 0.3) is 10.0 Å². The summed E-state index contributed by atoms with van der Waals surface area (Å²) in [5, 5.41) is 0.474. The zero-order chi connectivity index (χ0) is 23.6. The van der Waals surface area contributed by atoms with Crippen LogP contribution in [0.2, 0.25) is 5.02 Å². The molecule has 9 nitrogen and oxygen atoms in total. The molecule has 1 unspecified atom stereocenters. The Morgan fingerprint density at radius 2 is 1.76 bits per heavy atom. The van der Waals surface area contributed by atoms with Crippen molar-refractivity contribution in [1.82, 2.24) is 14.5 Å². The van der Waals surface area contributed by atoms with Crippen LogP contribution in [-0.2, 0) is 24.3 Å². The number of hydrogen-bond donors (Lipinski definition) is 1. The van der Waals surface area contributed by atoms with E-state index in [0.29, 0.717) is 42.3 Å². The van der Waals surface area contributed by atoms with Gasteiger partial charge in [-0.2, -0.15) is 0 Å². The number of piperazine rings is 1. The van der Waals surface area contributed by atoms with Gasteiger partial charge in [-0.15, -0.1) is 0 Å². The number of ether oxygens (including phenoxy) is 1. The highest BCUT2D eigenvalue weighted by Crippen LogP contribution is 2.29. The Balaban J connectivity index is 1.42. The summed E-state index contributed by atoms with van der Waals surface area (Å²) in [7, 11) is -2.32. The predicted octanol–water partition coefficient (Wildman–Crippen LogP) is 1.44. The molecule has 1 saturated heterocycles. The maximum Gasteiger partial charge on any atom is 0.327 e. The van der Waals surface area contributed by atoms with Crippen LogP contribution >= 0.6 is 11.6 Å². The molecular weight excluding hydrogens is 468 g/mol. The van der Waals surface area contributed by atoms with E-state index in [1.165, 1.54) is 13.2 Å². The van der Waals surface area contributed by atoms with Crippen LogP contribution in [0.1, 0.15) is 17.2 Å². The number of rotatable bonds is 5.